The van der Waals surface area contributed by atoms with Crippen LogP contribution in [0.1, 0.15) is 60.8 Å². The third-order valence-electron chi connectivity index (χ3n) is 7.03. The first-order chi connectivity index (χ1) is 11.7. The van der Waals surface area contributed by atoms with E-state index in [1.54, 1.807) is 0 Å². The first-order valence-corrected chi connectivity index (χ1v) is 12.3. The van der Waals surface area contributed by atoms with Gasteiger partial charge in [-0.2, -0.15) is 0 Å². The molecule has 0 aromatic carbocycles. The van der Waals surface area contributed by atoms with Gasteiger partial charge in [0.25, 0.3) is 0 Å². The van der Waals surface area contributed by atoms with E-state index in [1.165, 1.54) is 24.6 Å². The van der Waals surface area contributed by atoms with Gasteiger partial charge in [0.1, 0.15) is 0 Å². The van der Waals surface area contributed by atoms with E-state index in [4.69, 9.17) is 18.8 Å². The Hall–Kier alpha value is 0.122. The topological polar surface area (TPSA) is 36.9 Å². The Morgan fingerprint density at radius 3 is 2.04 bits per heavy atom. The van der Waals surface area contributed by atoms with Gasteiger partial charge in [-0.05, 0) is 40.0 Å². The summed E-state index contributed by atoms with van der Waals surface area (Å²) in [5.74, 6) is 0.656. The standard InChI is InChI=1S/C19H36BO4Si/c1-7-25(8-2)14-15-9-10-19(21-11-12-22-19)13-16(15)20-23-17(3,4)18(5,6)24-20/h15-16H,7-14H2,1-6H3/t15-,16+/m0/s1. The van der Waals surface area contributed by atoms with E-state index >= 15 is 0 Å². The Bertz CT molecular complexity index is 444. The minimum absolute atomic E-state index is 0.142. The molecular weight excluding hydrogens is 331 g/mol. The van der Waals surface area contributed by atoms with Gasteiger partial charge in [-0.15, -0.1) is 0 Å². The molecule has 3 fully saturated rings. The average molecular weight is 367 g/mol. The van der Waals surface area contributed by atoms with Gasteiger partial charge in [0, 0.05) is 27.5 Å². The molecule has 1 spiro atoms. The smallest absolute Gasteiger partial charge is 0.403 e. The van der Waals surface area contributed by atoms with Crippen molar-refractivity contribution in [3.05, 3.63) is 0 Å². The molecule has 4 nitrogen and oxygen atoms in total. The van der Waals surface area contributed by atoms with E-state index in [0.717, 1.165) is 26.1 Å². The molecule has 0 bridgehead atoms. The van der Waals surface area contributed by atoms with E-state index in [9.17, 15) is 0 Å². The molecule has 1 saturated carbocycles. The monoisotopic (exact) mass is 367 g/mol. The van der Waals surface area contributed by atoms with Crippen LogP contribution in [-0.4, -0.2) is 46.1 Å². The molecule has 0 unspecified atom stereocenters. The lowest BCUT2D eigenvalue weighted by atomic mass is 9.58. The summed E-state index contributed by atoms with van der Waals surface area (Å²) in [5.41, 5.74) is -0.541. The van der Waals surface area contributed by atoms with Crippen LogP contribution < -0.4 is 0 Å². The highest BCUT2D eigenvalue weighted by molar-refractivity contribution is 6.59. The summed E-state index contributed by atoms with van der Waals surface area (Å²) in [5, 5.41) is 0. The maximum absolute atomic E-state index is 6.46. The van der Waals surface area contributed by atoms with Crippen LogP contribution in [0.15, 0.2) is 0 Å². The van der Waals surface area contributed by atoms with Gasteiger partial charge in [-0.1, -0.05) is 32.0 Å². The summed E-state index contributed by atoms with van der Waals surface area (Å²) in [4.78, 5) is 0. The predicted octanol–water partition coefficient (Wildman–Crippen LogP) is 4.53. The van der Waals surface area contributed by atoms with Crippen molar-refractivity contribution in [3.8, 4) is 0 Å². The summed E-state index contributed by atoms with van der Waals surface area (Å²) < 4.78 is 25.0. The van der Waals surface area contributed by atoms with Crippen molar-refractivity contribution in [3.63, 3.8) is 0 Å². The Morgan fingerprint density at radius 2 is 1.52 bits per heavy atom. The first kappa shape index (κ1) is 19.9. The molecule has 25 heavy (non-hydrogen) atoms. The average Bonchev–Trinajstić information content (AvgIpc) is 3.08. The van der Waals surface area contributed by atoms with E-state index in [-0.39, 0.29) is 32.9 Å². The molecule has 0 amide bonds. The summed E-state index contributed by atoms with van der Waals surface area (Å²) in [6.45, 7) is 14.8. The zero-order chi connectivity index (χ0) is 18.3. The van der Waals surface area contributed by atoms with Gasteiger partial charge in [0.05, 0.1) is 24.4 Å². The third kappa shape index (κ3) is 3.89. The molecule has 3 aliphatic rings. The number of hydrogen-bond acceptors (Lipinski definition) is 4. The molecule has 2 saturated heterocycles. The van der Waals surface area contributed by atoms with Gasteiger partial charge >= 0.3 is 7.12 Å². The molecule has 2 aliphatic heterocycles. The molecule has 143 valence electrons. The zero-order valence-electron chi connectivity index (χ0n) is 17.0. The quantitative estimate of drug-likeness (QED) is 0.669. The van der Waals surface area contributed by atoms with Crippen molar-refractivity contribution < 1.29 is 18.8 Å². The summed E-state index contributed by atoms with van der Waals surface area (Å²) in [6, 6.07) is 4.07. The van der Waals surface area contributed by atoms with Crippen LogP contribution in [-0.2, 0) is 18.8 Å². The van der Waals surface area contributed by atoms with E-state index in [1.807, 2.05) is 0 Å². The molecule has 2 heterocycles. The van der Waals surface area contributed by atoms with Crippen molar-refractivity contribution in [1.29, 1.82) is 0 Å². The maximum atomic E-state index is 6.46. The third-order valence-corrected chi connectivity index (χ3v) is 10.1. The van der Waals surface area contributed by atoms with Gasteiger partial charge in [0.2, 0.25) is 0 Å². The van der Waals surface area contributed by atoms with Gasteiger partial charge < -0.3 is 18.8 Å². The fourth-order valence-electron chi connectivity index (χ4n) is 4.55. The SMILES string of the molecule is CC[Si](CC)C[C@@H]1CCC2(C[C@H]1B1OC(C)(C)C(C)(C)O1)OCCO2. The van der Waals surface area contributed by atoms with Gasteiger partial charge in [-0.3, -0.25) is 0 Å². The highest BCUT2D eigenvalue weighted by Crippen LogP contribution is 2.52. The normalized spacial score (nSPS) is 33.5. The fourth-order valence-corrected chi connectivity index (χ4v) is 6.88. The van der Waals surface area contributed by atoms with Crippen LogP contribution in [0.2, 0.25) is 23.9 Å². The molecule has 6 heteroatoms. The lowest BCUT2D eigenvalue weighted by Crippen LogP contribution is -2.44. The van der Waals surface area contributed by atoms with Crippen LogP contribution in [0, 0.1) is 5.92 Å². The summed E-state index contributed by atoms with van der Waals surface area (Å²) in [7, 11) is -0.409. The molecule has 1 radical (unpaired) electrons. The molecule has 0 aromatic rings. The Labute approximate surface area is 156 Å². The lowest BCUT2D eigenvalue weighted by Gasteiger charge is -2.42. The second kappa shape index (κ2) is 7.27. The van der Waals surface area contributed by atoms with Gasteiger partial charge in [0.15, 0.2) is 5.79 Å². The Morgan fingerprint density at radius 1 is 0.960 bits per heavy atom. The minimum atomic E-state index is -0.379. The fraction of sp³-hybridized carbons (Fsp3) is 1.00. The molecule has 0 aromatic heterocycles. The second-order valence-electron chi connectivity index (χ2n) is 9.06. The van der Waals surface area contributed by atoms with Crippen LogP contribution in [0.4, 0.5) is 0 Å². The van der Waals surface area contributed by atoms with Crippen LogP contribution in [0.25, 0.3) is 0 Å². The number of ether oxygens (including phenoxy) is 2. The maximum Gasteiger partial charge on any atom is 0.461 e. The lowest BCUT2D eigenvalue weighted by molar-refractivity contribution is -0.183. The van der Waals surface area contributed by atoms with Crippen LogP contribution in [0.5, 0.6) is 0 Å². The van der Waals surface area contributed by atoms with Crippen molar-refractivity contribution in [2.24, 2.45) is 5.92 Å². The van der Waals surface area contributed by atoms with Crippen molar-refractivity contribution in [2.75, 3.05) is 13.2 Å². The van der Waals surface area contributed by atoms with Crippen LogP contribution >= 0.6 is 0 Å². The van der Waals surface area contributed by atoms with E-state index < -0.39 is 0 Å². The molecule has 3 rings (SSSR count). The first-order valence-electron chi connectivity index (χ1n) is 10.2. The van der Waals surface area contributed by atoms with E-state index in [0.29, 0.717) is 11.7 Å². The molecular formula is C19H36BO4Si. The van der Waals surface area contributed by atoms with Crippen molar-refractivity contribution in [2.45, 2.75) is 102 Å². The number of hydrogen-bond donors (Lipinski definition) is 0. The van der Waals surface area contributed by atoms with Crippen molar-refractivity contribution >= 4 is 15.9 Å². The summed E-state index contributed by atoms with van der Waals surface area (Å²) >= 11 is 0. The highest BCUT2D eigenvalue weighted by atomic mass is 28.3. The molecule has 1 aliphatic carbocycles. The zero-order valence-corrected chi connectivity index (χ0v) is 18.0. The summed E-state index contributed by atoms with van der Waals surface area (Å²) in [6.07, 6.45) is 3.11. The molecule has 0 N–H and O–H groups in total. The Balaban J connectivity index is 1.79. The van der Waals surface area contributed by atoms with E-state index in [2.05, 4.69) is 41.5 Å². The highest BCUT2D eigenvalue weighted by Gasteiger charge is 2.58. The largest absolute Gasteiger partial charge is 0.461 e. The predicted molar refractivity (Wildman–Crippen MR) is 103 cm³/mol. The Kier molecular flexibility index (Phi) is 5.78. The van der Waals surface area contributed by atoms with Crippen molar-refractivity contribution in [1.82, 2.24) is 0 Å². The number of rotatable bonds is 5. The van der Waals surface area contributed by atoms with Crippen LogP contribution in [0.3, 0.4) is 0 Å². The molecule has 2 atom stereocenters. The minimum Gasteiger partial charge on any atom is -0.403 e. The second-order valence-corrected chi connectivity index (χ2v) is 12.4. The van der Waals surface area contributed by atoms with Gasteiger partial charge in [-0.25, -0.2) is 0 Å².